The molecule has 0 saturated carbocycles. The van der Waals surface area contributed by atoms with E-state index < -0.39 is 16.7 Å². The molecule has 0 aromatic heterocycles. The van der Waals surface area contributed by atoms with E-state index in [2.05, 4.69) is 0 Å². The molecular formula is C10H14N2O3. The van der Waals surface area contributed by atoms with Gasteiger partial charge in [0.05, 0.1) is 6.42 Å². The van der Waals surface area contributed by atoms with Crippen molar-refractivity contribution in [2.75, 3.05) is 0 Å². The zero-order valence-electron chi connectivity index (χ0n) is 8.46. The highest BCUT2D eigenvalue weighted by molar-refractivity contribution is 5.17. The minimum absolute atomic E-state index is 0.0124. The second-order valence-electron chi connectivity index (χ2n) is 3.59. The normalized spacial score (nSPS) is 16.7. The van der Waals surface area contributed by atoms with E-state index in [-0.39, 0.29) is 6.42 Å². The minimum atomic E-state index is -1.82. The quantitative estimate of drug-likeness (QED) is 0.431. The summed E-state index contributed by atoms with van der Waals surface area (Å²) in [6.45, 7) is 1.33. The molecule has 0 heterocycles. The zero-order chi connectivity index (χ0) is 11.5. The number of nitrogens with zero attached hydrogens (tertiary/aromatic N) is 1. The lowest BCUT2D eigenvalue weighted by Gasteiger charge is -2.23. The van der Waals surface area contributed by atoms with E-state index in [9.17, 15) is 15.2 Å². The van der Waals surface area contributed by atoms with Crippen LogP contribution in [-0.2, 0) is 6.42 Å². The number of rotatable bonds is 4. The smallest absolute Gasteiger partial charge is 0.302 e. The fourth-order valence-corrected chi connectivity index (χ4v) is 1.29. The summed E-state index contributed by atoms with van der Waals surface area (Å²) >= 11 is 0. The van der Waals surface area contributed by atoms with Gasteiger partial charge in [-0.15, -0.1) is 0 Å². The molecule has 0 fully saturated rings. The molecule has 1 aromatic carbocycles. The Hall–Kier alpha value is -1.46. The van der Waals surface area contributed by atoms with Gasteiger partial charge in [-0.3, -0.25) is 15.8 Å². The molecule has 0 bridgehead atoms. The summed E-state index contributed by atoms with van der Waals surface area (Å²) < 4.78 is 0. The van der Waals surface area contributed by atoms with E-state index >= 15 is 0 Å². The largest absolute Gasteiger partial charge is 0.384 e. The number of hydrogen-bond acceptors (Lipinski definition) is 4. The predicted molar refractivity (Wildman–Crippen MR) is 55.7 cm³/mol. The van der Waals surface area contributed by atoms with Crippen molar-refractivity contribution in [2.45, 2.75) is 25.1 Å². The van der Waals surface area contributed by atoms with E-state index in [4.69, 9.17) is 5.73 Å². The minimum Gasteiger partial charge on any atom is -0.384 e. The molecule has 1 aromatic rings. The molecule has 0 amide bonds. The van der Waals surface area contributed by atoms with Crippen molar-refractivity contribution in [2.24, 2.45) is 5.73 Å². The SMILES string of the molecule is CC(O)C(N)(Cc1ccccc1)[N+](=O)[O-]. The summed E-state index contributed by atoms with van der Waals surface area (Å²) in [6, 6.07) is 8.85. The average molecular weight is 210 g/mol. The van der Waals surface area contributed by atoms with Gasteiger partial charge in [-0.1, -0.05) is 30.3 Å². The molecule has 0 aliphatic rings. The molecule has 1 rings (SSSR count). The topological polar surface area (TPSA) is 89.4 Å². The van der Waals surface area contributed by atoms with Crippen LogP contribution in [0.15, 0.2) is 30.3 Å². The van der Waals surface area contributed by atoms with Gasteiger partial charge in [-0.25, -0.2) is 0 Å². The molecule has 5 heteroatoms. The lowest BCUT2D eigenvalue weighted by molar-refractivity contribution is -0.581. The zero-order valence-corrected chi connectivity index (χ0v) is 8.46. The van der Waals surface area contributed by atoms with Crippen LogP contribution in [0.4, 0.5) is 0 Å². The van der Waals surface area contributed by atoms with Gasteiger partial charge in [-0.2, -0.15) is 0 Å². The maximum Gasteiger partial charge on any atom is 0.302 e. The lowest BCUT2D eigenvalue weighted by Crippen LogP contribution is -2.57. The highest BCUT2D eigenvalue weighted by atomic mass is 16.6. The Bertz CT molecular complexity index is 340. The van der Waals surface area contributed by atoms with Gasteiger partial charge in [-0.05, 0) is 12.5 Å². The lowest BCUT2D eigenvalue weighted by atomic mass is 9.96. The number of hydrogen-bond donors (Lipinski definition) is 2. The van der Waals surface area contributed by atoms with Crippen LogP contribution in [-0.4, -0.2) is 21.8 Å². The fourth-order valence-electron chi connectivity index (χ4n) is 1.29. The van der Waals surface area contributed by atoms with Gasteiger partial charge in [0.25, 0.3) is 0 Å². The van der Waals surface area contributed by atoms with Crippen LogP contribution in [0.1, 0.15) is 12.5 Å². The van der Waals surface area contributed by atoms with Gasteiger partial charge in [0.15, 0.2) is 0 Å². The average Bonchev–Trinajstić information content (AvgIpc) is 2.18. The maximum absolute atomic E-state index is 10.8. The number of nitrogens with two attached hydrogens (primary N) is 1. The molecule has 0 radical (unpaired) electrons. The molecule has 0 aliphatic heterocycles. The van der Waals surface area contributed by atoms with Crippen molar-refractivity contribution in [1.82, 2.24) is 0 Å². The third kappa shape index (κ3) is 2.51. The van der Waals surface area contributed by atoms with Crippen molar-refractivity contribution in [3.05, 3.63) is 46.0 Å². The molecule has 5 nitrogen and oxygen atoms in total. The monoisotopic (exact) mass is 210 g/mol. The first-order valence-electron chi connectivity index (χ1n) is 4.62. The van der Waals surface area contributed by atoms with Crippen molar-refractivity contribution in [3.63, 3.8) is 0 Å². The summed E-state index contributed by atoms with van der Waals surface area (Å²) in [6.07, 6.45) is -1.19. The highest BCUT2D eigenvalue weighted by Crippen LogP contribution is 2.15. The number of nitro groups is 1. The van der Waals surface area contributed by atoms with Crippen LogP contribution in [0.3, 0.4) is 0 Å². The number of aliphatic hydroxyl groups excluding tert-OH is 1. The summed E-state index contributed by atoms with van der Waals surface area (Å²) in [5.74, 6) is 0. The Morgan fingerprint density at radius 1 is 1.53 bits per heavy atom. The van der Waals surface area contributed by atoms with Crippen molar-refractivity contribution in [1.29, 1.82) is 0 Å². The van der Waals surface area contributed by atoms with Crippen LogP contribution in [0, 0.1) is 10.1 Å². The van der Waals surface area contributed by atoms with Crippen molar-refractivity contribution < 1.29 is 10.0 Å². The van der Waals surface area contributed by atoms with Crippen LogP contribution >= 0.6 is 0 Å². The predicted octanol–water partition coefficient (Wildman–Crippen LogP) is 0.542. The Labute approximate surface area is 87.7 Å². The number of aliphatic hydroxyl groups is 1. The summed E-state index contributed by atoms with van der Waals surface area (Å²) in [5, 5.41) is 20.1. The Balaban J connectivity index is 2.90. The third-order valence-corrected chi connectivity index (χ3v) is 2.39. The first-order chi connectivity index (χ1) is 6.97. The molecule has 0 saturated heterocycles. The summed E-state index contributed by atoms with van der Waals surface area (Å²) in [4.78, 5) is 10.2. The molecule has 0 spiro atoms. The van der Waals surface area contributed by atoms with E-state index in [0.717, 1.165) is 5.56 Å². The summed E-state index contributed by atoms with van der Waals surface area (Å²) in [5.41, 5.74) is 4.48. The van der Waals surface area contributed by atoms with E-state index in [0.29, 0.717) is 0 Å². The van der Waals surface area contributed by atoms with E-state index in [1.54, 1.807) is 24.3 Å². The molecule has 82 valence electrons. The first kappa shape index (κ1) is 11.6. The summed E-state index contributed by atoms with van der Waals surface area (Å²) in [7, 11) is 0. The van der Waals surface area contributed by atoms with Crippen molar-refractivity contribution in [3.8, 4) is 0 Å². The van der Waals surface area contributed by atoms with Crippen molar-refractivity contribution >= 4 is 0 Å². The number of benzene rings is 1. The van der Waals surface area contributed by atoms with Crippen LogP contribution < -0.4 is 5.73 Å². The van der Waals surface area contributed by atoms with Gasteiger partial charge >= 0.3 is 5.66 Å². The first-order valence-corrected chi connectivity index (χ1v) is 4.62. The second-order valence-corrected chi connectivity index (χ2v) is 3.59. The van der Waals surface area contributed by atoms with E-state index in [1.165, 1.54) is 6.92 Å². The van der Waals surface area contributed by atoms with Crippen LogP contribution in [0.5, 0.6) is 0 Å². The Morgan fingerprint density at radius 2 is 2.07 bits per heavy atom. The van der Waals surface area contributed by atoms with Gasteiger partial charge < -0.3 is 5.11 Å². The van der Waals surface area contributed by atoms with Gasteiger partial charge in [0, 0.05) is 4.92 Å². The Kier molecular flexibility index (Phi) is 3.39. The molecular weight excluding hydrogens is 196 g/mol. The molecule has 2 atom stereocenters. The van der Waals surface area contributed by atoms with Gasteiger partial charge in [0.2, 0.25) is 0 Å². The highest BCUT2D eigenvalue weighted by Gasteiger charge is 2.43. The molecule has 2 unspecified atom stereocenters. The fraction of sp³-hybridized carbons (Fsp3) is 0.400. The van der Waals surface area contributed by atoms with Gasteiger partial charge in [0.1, 0.15) is 6.10 Å². The maximum atomic E-state index is 10.8. The Morgan fingerprint density at radius 3 is 2.47 bits per heavy atom. The molecule has 3 N–H and O–H groups in total. The second kappa shape index (κ2) is 4.37. The van der Waals surface area contributed by atoms with Crippen LogP contribution in [0.25, 0.3) is 0 Å². The van der Waals surface area contributed by atoms with Crippen LogP contribution in [0.2, 0.25) is 0 Å². The third-order valence-electron chi connectivity index (χ3n) is 2.39. The molecule has 0 aliphatic carbocycles. The van der Waals surface area contributed by atoms with E-state index in [1.807, 2.05) is 6.07 Å². The standard InChI is InChI=1S/C10H14N2O3/c1-8(13)10(11,12(14)15)7-9-5-3-2-4-6-9/h2-6,8,13H,7,11H2,1H3. The molecule has 15 heavy (non-hydrogen) atoms.